The molecule has 0 aliphatic rings. The van der Waals surface area contributed by atoms with Gasteiger partial charge in [-0.15, -0.1) is 16.4 Å². The molecule has 0 spiro atoms. The highest BCUT2D eigenvalue weighted by Gasteiger charge is 2.17. The number of rotatable bonds is 7. The molecule has 0 fully saturated rings. The number of thiazole rings is 1. The summed E-state index contributed by atoms with van der Waals surface area (Å²) in [6.07, 6.45) is 2.08. The van der Waals surface area contributed by atoms with Crippen LogP contribution in [0.4, 0.5) is 5.13 Å². The second-order valence-electron chi connectivity index (χ2n) is 6.90. The molecule has 32 heavy (non-hydrogen) atoms. The van der Waals surface area contributed by atoms with E-state index in [2.05, 4.69) is 25.4 Å². The minimum Gasteiger partial charge on any atom is -0.493 e. The molecule has 0 aliphatic heterocycles. The van der Waals surface area contributed by atoms with E-state index in [0.717, 1.165) is 28.2 Å². The van der Waals surface area contributed by atoms with Crippen LogP contribution in [0.2, 0.25) is 0 Å². The summed E-state index contributed by atoms with van der Waals surface area (Å²) in [5.74, 6) is 1.63. The predicted molar refractivity (Wildman–Crippen MR) is 125 cm³/mol. The van der Waals surface area contributed by atoms with E-state index in [4.69, 9.17) is 9.47 Å². The van der Waals surface area contributed by atoms with Gasteiger partial charge in [-0.2, -0.15) is 4.98 Å². The Hall–Kier alpha value is -3.18. The number of amides is 1. The van der Waals surface area contributed by atoms with Gasteiger partial charge in [-0.05, 0) is 38.3 Å². The van der Waals surface area contributed by atoms with Crippen LogP contribution in [-0.2, 0) is 11.2 Å². The number of ether oxygens (including phenoxy) is 2. The molecule has 0 saturated heterocycles. The van der Waals surface area contributed by atoms with Crippen molar-refractivity contribution in [2.45, 2.75) is 25.4 Å². The number of carbonyl (C=O) groups is 1. The van der Waals surface area contributed by atoms with Crippen LogP contribution in [0.15, 0.2) is 28.7 Å². The number of benzene rings is 1. The average Bonchev–Trinajstić information content (AvgIpc) is 3.43. The molecule has 0 saturated carbocycles. The summed E-state index contributed by atoms with van der Waals surface area (Å²) in [6.45, 7) is 3.79. The van der Waals surface area contributed by atoms with Gasteiger partial charge in [0.05, 0.1) is 26.3 Å². The molecule has 0 bridgehead atoms. The van der Waals surface area contributed by atoms with E-state index in [-0.39, 0.29) is 12.3 Å². The first-order chi connectivity index (χ1) is 15.4. The Morgan fingerprint density at radius 1 is 1.16 bits per heavy atom. The molecule has 0 atom stereocenters. The minimum atomic E-state index is -0.171. The number of thioether (sulfide) groups is 1. The van der Waals surface area contributed by atoms with Crippen LogP contribution in [0.25, 0.3) is 17.0 Å². The summed E-state index contributed by atoms with van der Waals surface area (Å²) in [4.78, 5) is 26.2. The zero-order chi connectivity index (χ0) is 22.8. The number of aryl methyl sites for hydroxylation is 2. The minimum absolute atomic E-state index is 0.167. The van der Waals surface area contributed by atoms with Gasteiger partial charge in [0.2, 0.25) is 11.1 Å². The van der Waals surface area contributed by atoms with Gasteiger partial charge in [0, 0.05) is 27.9 Å². The fourth-order valence-corrected chi connectivity index (χ4v) is 4.39. The number of hydrogen-bond acceptors (Lipinski definition) is 9. The zero-order valence-corrected chi connectivity index (χ0v) is 19.9. The molecule has 0 aliphatic carbocycles. The van der Waals surface area contributed by atoms with E-state index < -0.39 is 0 Å². The molecule has 0 unspecified atom stereocenters. The monoisotopic (exact) mass is 470 g/mol. The normalized spacial score (nSPS) is 11.0. The number of anilines is 1. The first kappa shape index (κ1) is 22.0. The second-order valence-corrected chi connectivity index (χ2v) is 8.54. The Bertz CT molecular complexity index is 1300. The van der Waals surface area contributed by atoms with E-state index in [1.165, 1.54) is 23.1 Å². The van der Waals surface area contributed by atoms with E-state index in [1.54, 1.807) is 18.7 Å². The lowest BCUT2D eigenvalue weighted by Crippen LogP contribution is -2.17. The third kappa shape index (κ3) is 4.26. The lowest BCUT2D eigenvalue weighted by atomic mass is 10.1. The number of methoxy groups -OCH3 is 2. The smallest absolute Gasteiger partial charge is 0.253 e. The number of nitrogens with zero attached hydrogens (tertiary/aromatic N) is 5. The summed E-state index contributed by atoms with van der Waals surface area (Å²) >= 11 is 2.81. The van der Waals surface area contributed by atoms with Gasteiger partial charge < -0.3 is 14.8 Å². The molecule has 1 aromatic carbocycles. The molecule has 3 aromatic heterocycles. The Kier molecular flexibility index (Phi) is 6.28. The molecule has 11 heteroatoms. The van der Waals surface area contributed by atoms with Crippen LogP contribution in [0.3, 0.4) is 0 Å². The number of carbonyl (C=O) groups excluding carboxylic acids is 1. The van der Waals surface area contributed by atoms with Gasteiger partial charge in [-0.3, -0.25) is 4.79 Å². The van der Waals surface area contributed by atoms with Crippen molar-refractivity contribution in [2.24, 2.45) is 0 Å². The largest absolute Gasteiger partial charge is 0.493 e. The van der Waals surface area contributed by atoms with Crippen molar-refractivity contribution in [1.29, 1.82) is 0 Å². The summed E-state index contributed by atoms with van der Waals surface area (Å²) in [6, 6.07) is 5.58. The van der Waals surface area contributed by atoms with Crippen molar-refractivity contribution < 1.29 is 14.3 Å². The topological polar surface area (TPSA) is 104 Å². The first-order valence-corrected chi connectivity index (χ1v) is 11.8. The molecule has 9 nitrogen and oxygen atoms in total. The molecule has 1 amide bonds. The highest BCUT2D eigenvalue weighted by atomic mass is 32.2. The summed E-state index contributed by atoms with van der Waals surface area (Å²) in [5, 5.41) is 10.4. The van der Waals surface area contributed by atoms with Crippen LogP contribution >= 0.6 is 23.1 Å². The third-order valence-corrected chi connectivity index (χ3v) is 6.28. The van der Waals surface area contributed by atoms with Crippen LogP contribution in [0.1, 0.15) is 17.0 Å². The number of nitrogens with one attached hydrogen (secondary N) is 1. The highest BCUT2D eigenvalue weighted by Crippen LogP contribution is 2.33. The number of hydrogen-bond donors (Lipinski definition) is 1. The number of aromatic nitrogens is 5. The third-order valence-electron chi connectivity index (χ3n) is 4.98. The summed E-state index contributed by atoms with van der Waals surface area (Å²) in [5.41, 5.74) is 4.05. The van der Waals surface area contributed by atoms with Crippen LogP contribution in [0, 0.1) is 13.8 Å². The SMILES string of the molecule is COc1ccc(-c2csc(NC(=O)Cc3c(C)nc4nc(SC)nn4c3C)n2)cc1OC. The van der Waals surface area contributed by atoms with Gasteiger partial charge in [0.25, 0.3) is 5.78 Å². The molecule has 3 heterocycles. The van der Waals surface area contributed by atoms with E-state index in [1.807, 2.05) is 43.7 Å². The van der Waals surface area contributed by atoms with Gasteiger partial charge in [-0.25, -0.2) is 14.5 Å². The Labute approximate surface area is 193 Å². The van der Waals surface area contributed by atoms with E-state index in [0.29, 0.717) is 27.6 Å². The molecule has 4 aromatic rings. The molecule has 1 N–H and O–H groups in total. The summed E-state index contributed by atoms with van der Waals surface area (Å²) in [7, 11) is 3.18. The van der Waals surface area contributed by atoms with Crippen molar-refractivity contribution in [2.75, 3.05) is 25.8 Å². The number of fused-ring (bicyclic) bond motifs is 1. The fraction of sp³-hybridized carbons (Fsp3) is 0.286. The van der Waals surface area contributed by atoms with Crippen molar-refractivity contribution in [3.05, 3.63) is 40.5 Å². The predicted octanol–water partition coefficient (Wildman–Crippen LogP) is 3.78. The molecule has 166 valence electrons. The summed E-state index contributed by atoms with van der Waals surface area (Å²) < 4.78 is 12.3. The zero-order valence-electron chi connectivity index (χ0n) is 18.3. The Morgan fingerprint density at radius 3 is 2.66 bits per heavy atom. The lowest BCUT2D eigenvalue weighted by molar-refractivity contribution is -0.115. The highest BCUT2D eigenvalue weighted by molar-refractivity contribution is 7.98. The van der Waals surface area contributed by atoms with Gasteiger partial charge in [0.15, 0.2) is 16.6 Å². The Balaban J connectivity index is 1.52. The molecular weight excluding hydrogens is 448 g/mol. The first-order valence-electron chi connectivity index (χ1n) is 9.68. The van der Waals surface area contributed by atoms with Crippen molar-refractivity contribution >= 4 is 39.9 Å². The second kappa shape index (κ2) is 9.13. The standard InChI is InChI=1S/C21H22N6O3S2/c1-11-14(12(2)27-19(22-11)25-21(26-27)31-5)9-18(28)24-20-23-15(10-32-20)13-6-7-16(29-3)17(8-13)30-4/h6-8,10H,9H2,1-5H3,(H,23,24,28). The fourth-order valence-electron chi connectivity index (χ4n) is 3.32. The van der Waals surface area contributed by atoms with Gasteiger partial charge in [0.1, 0.15) is 0 Å². The maximum Gasteiger partial charge on any atom is 0.253 e. The molecular formula is C21H22N6O3S2. The quantitative estimate of drug-likeness (QED) is 0.407. The Morgan fingerprint density at radius 2 is 1.94 bits per heavy atom. The maximum absolute atomic E-state index is 12.8. The van der Waals surface area contributed by atoms with Gasteiger partial charge >= 0.3 is 0 Å². The van der Waals surface area contributed by atoms with Crippen molar-refractivity contribution in [3.8, 4) is 22.8 Å². The van der Waals surface area contributed by atoms with Crippen molar-refractivity contribution in [3.63, 3.8) is 0 Å². The van der Waals surface area contributed by atoms with Crippen LogP contribution < -0.4 is 14.8 Å². The van der Waals surface area contributed by atoms with Crippen LogP contribution in [-0.4, -0.2) is 50.9 Å². The average molecular weight is 471 g/mol. The maximum atomic E-state index is 12.8. The van der Waals surface area contributed by atoms with E-state index >= 15 is 0 Å². The van der Waals surface area contributed by atoms with Crippen molar-refractivity contribution in [1.82, 2.24) is 24.6 Å². The molecule has 4 rings (SSSR count). The van der Waals surface area contributed by atoms with Gasteiger partial charge in [-0.1, -0.05) is 11.8 Å². The lowest BCUT2D eigenvalue weighted by Gasteiger charge is -2.10. The molecule has 0 radical (unpaired) electrons. The van der Waals surface area contributed by atoms with E-state index in [9.17, 15) is 4.79 Å². The van der Waals surface area contributed by atoms with Crippen LogP contribution in [0.5, 0.6) is 11.5 Å².